The summed E-state index contributed by atoms with van der Waals surface area (Å²) in [6, 6.07) is 12.6. The Hall–Kier alpha value is -2.47. The van der Waals surface area contributed by atoms with E-state index in [1.165, 1.54) is 0 Å². The first-order chi connectivity index (χ1) is 10.1. The topological polar surface area (TPSA) is 70.0 Å². The molecule has 3 aromatic rings. The summed E-state index contributed by atoms with van der Waals surface area (Å²) < 4.78 is 16.6. The quantitative estimate of drug-likeness (QED) is 0.697. The van der Waals surface area contributed by atoms with Crippen molar-refractivity contribution in [1.29, 1.82) is 0 Å². The first-order valence-corrected chi connectivity index (χ1v) is 7.50. The highest BCUT2D eigenvalue weighted by atomic mass is 32.2. The van der Waals surface area contributed by atoms with Crippen LogP contribution in [-0.4, -0.2) is 9.37 Å². The fourth-order valence-corrected chi connectivity index (χ4v) is 2.73. The zero-order valence-electron chi connectivity index (χ0n) is 11.2. The van der Waals surface area contributed by atoms with Crippen LogP contribution in [0, 0.1) is 12.1 Å². The second kappa shape index (κ2) is 5.49. The highest BCUT2D eigenvalue weighted by Gasteiger charge is 2.08. The summed E-state index contributed by atoms with van der Waals surface area (Å²) in [6.45, 7) is 1.98. The van der Waals surface area contributed by atoms with Crippen LogP contribution in [0.3, 0.4) is 0 Å². The third-order valence-corrected chi connectivity index (χ3v) is 4.17. The van der Waals surface area contributed by atoms with Crippen LogP contribution in [0.4, 0.5) is 0 Å². The van der Waals surface area contributed by atoms with E-state index in [-0.39, 0.29) is 0 Å². The Balaban J connectivity index is 1.85. The minimum absolute atomic E-state index is 0.346. The van der Waals surface area contributed by atoms with Crippen molar-refractivity contribution >= 4 is 27.9 Å². The first-order valence-electron chi connectivity index (χ1n) is 6.28. The van der Waals surface area contributed by atoms with E-state index >= 15 is 0 Å². The molecule has 0 aliphatic carbocycles. The van der Waals surface area contributed by atoms with Crippen molar-refractivity contribution in [2.45, 2.75) is 11.8 Å². The van der Waals surface area contributed by atoms with E-state index in [2.05, 4.69) is 9.79 Å². The third kappa shape index (κ3) is 2.85. The molecule has 0 spiro atoms. The third-order valence-electron chi connectivity index (χ3n) is 3.05. The van der Waals surface area contributed by atoms with E-state index in [1.807, 2.05) is 31.2 Å². The molecule has 0 bridgehead atoms. The molecule has 0 fully saturated rings. The molecule has 0 amide bonds. The Morgan fingerprint density at radius 2 is 2.00 bits per heavy atom. The van der Waals surface area contributed by atoms with Gasteiger partial charge >= 0.3 is 0 Å². The van der Waals surface area contributed by atoms with Crippen molar-refractivity contribution in [2.75, 3.05) is 0 Å². The van der Waals surface area contributed by atoms with E-state index in [1.54, 1.807) is 29.7 Å². The van der Waals surface area contributed by atoms with E-state index in [0.717, 1.165) is 16.0 Å². The first kappa shape index (κ1) is 13.5. The molecule has 1 unspecified atom stereocenters. The number of nitrogens with zero attached hydrogens (tertiary/aromatic N) is 2. The van der Waals surface area contributed by atoms with Crippen molar-refractivity contribution in [3.8, 4) is 0 Å². The summed E-state index contributed by atoms with van der Waals surface area (Å²) in [4.78, 5) is 1.09. The van der Waals surface area contributed by atoms with Gasteiger partial charge in [-0.1, -0.05) is 23.8 Å². The van der Waals surface area contributed by atoms with Crippen LogP contribution in [0.25, 0.3) is 17.1 Å². The average Bonchev–Trinajstić information content (AvgIpc) is 2.87. The average molecular weight is 300 g/mol. The van der Waals surface area contributed by atoms with Crippen molar-refractivity contribution < 1.29 is 13.7 Å². The number of aryl methyl sites for hydroxylation is 1. The standard InChI is InChI=1S/C15H12N2O3S/c1-11-2-5-13(6-3-11)21(19)9-8-12-4-7-14-15(10-12)17(18)20-16-14/h2-10H,1H3/b9-8+. The van der Waals surface area contributed by atoms with Gasteiger partial charge in [0.25, 0.3) is 0 Å². The van der Waals surface area contributed by atoms with Gasteiger partial charge in [0.1, 0.15) is 0 Å². The molecule has 6 heteroatoms. The smallest absolute Gasteiger partial charge is 0.248 e. The largest absolute Gasteiger partial charge is 0.359 e. The van der Waals surface area contributed by atoms with Gasteiger partial charge in [-0.15, -0.1) is 0 Å². The van der Waals surface area contributed by atoms with E-state index in [9.17, 15) is 9.42 Å². The molecule has 2 aromatic carbocycles. The van der Waals surface area contributed by atoms with Crippen molar-refractivity contribution in [3.05, 3.63) is 64.2 Å². The zero-order valence-corrected chi connectivity index (χ0v) is 12.0. The summed E-state index contributed by atoms with van der Waals surface area (Å²) in [5.74, 6) is 0. The fraction of sp³-hybridized carbons (Fsp3) is 0.0667. The maximum Gasteiger partial charge on any atom is 0.248 e. The summed E-state index contributed by atoms with van der Waals surface area (Å²) in [5, 5.41) is 16.5. The number of hydrogen-bond acceptors (Lipinski definition) is 4. The molecule has 1 aromatic heterocycles. The van der Waals surface area contributed by atoms with Gasteiger partial charge in [0.05, 0.1) is 10.8 Å². The van der Waals surface area contributed by atoms with Crippen LogP contribution in [0.15, 0.2) is 57.4 Å². The molecule has 0 aliphatic heterocycles. The van der Waals surface area contributed by atoms with Crippen molar-refractivity contribution in [3.63, 3.8) is 0 Å². The van der Waals surface area contributed by atoms with Gasteiger partial charge in [-0.05, 0) is 41.7 Å². The van der Waals surface area contributed by atoms with Gasteiger partial charge in [0.2, 0.25) is 11.0 Å². The summed E-state index contributed by atoms with van der Waals surface area (Å²) in [6.07, 6.45) is 1.71. The van der Waals surface area contributed by atoms with E-state index < -0.39 is 10.8 Å². The van der Waals surface area contributed by atoms with Crippen LogP contribution in [0.5, 0.6) is 0 Å². The number of fused-ring (bicyclic) bond motifs is 1. The molecule has 106 valence electrons. The molecule has 3 rings (SSSR count). The Labute approximate surface area is 123 Å². The number of hydrogen-bond donors (Lipinski definition) is 0. The molecule has 0 saturated carbocycles. The fourth-order valence-electron chi connectivity index (χ4n) is 1.88. The molecular weight excluding hydrogens is 288 g/mol. The molecule has 0 radical (unpaired) electrons. The molecular formula is C15H12N2O3S. The lowest BCUT2D eigenvalue weighted by Crippen LogP contribution is -2.22. The van der Waals surface area contributed by atoms with E-state index in [4.69, 9.17) is 0 Å². The minimum Gasteiger partial charge on any atom is -0.359 e. The molecule has 0 N–H and O–H groups in total. The summed E-state index contributed by atoms with van der Waals surface area (Å²) in [5.41, 5.74) is 2.72. The predicted octanol–water partition coefficient (Wildman–Crippen LogP) is 2.55. The Kier molecular flexibility index (Phi) is 3.53. The highest BCUT2D eigenvalue weighted by molar-refractivity contribution is 7.88. The maximum absolute atomic E-state index is 12.1. The molecule has 0 saturated heterocycles. The lowest BCUT2D eigenvalue weighted by atomic mass is 10.2. The lowest BCUT2D eigenvalue weighted by Gasteiger charge is -1.97. The van der Waals surface area contributed by atoms with Gasteiger partial charge in [-0.2, -0.15) is 0 Å². The Morgan fingerprint density at radius 1 is 1.24 bits per heavy atom. The molecule has 1 heterocycles. The minimum atomic E-state index is -1.23. The van der Waals surface area contributed by atoms with Crippen molar-refractivity contribution in [2.24, 2.45) is 0 Å². The number of rotatable bonds is 3. The van der Waals surface area contributed by atoms with Crippen LogP contribution < -0.4 is 4.90 Å². The molecule has 0 aliphatic rings. The number of benzene rings is 2. The van der Waals surface area contributed by atoms with E-state index in [0.29, 0.717) is 15.9 Å². The van der Waals surface area contributed by atoms with Gasteiger partial charge in [-0.25, -0.2) is 4.21 Å². The van der Waals surface area contributed by atoms with Crippen LogP contribution >= 0.6 is 0 Å². The van der Waals surface area contributed by atoms with Gasteiger partial charge < -0.3 is 5.21 Å². The second-order valence-electron chi connectivity index (χ2n) is 4.59. The van der Waals surface area contributed by atoms with Crippen LogP contribution in [-0.2, 0) is 10.8 Å². The Morgan fingerprint density at radius 3 is 2.76 bits per heavy atom. The predicted molar refractivity (Wildman–Crippen MR) is 79.6 cm³/mol. The van der Waals surface area contributed by atoms with Gasteiger partial charge in [0, 0.05) is 21.5 Å². The van der Waals surface area contributed by atoms with Crippen molar-refractivity contribution in [1.82, 2.24) is 5.16 Å². The lowest BCUT2D eigenvalue weighted by molar-refractivity contribution is -0.782. The molecule has 21 heavy (non-hydrogen) atoms. The summed E-state index contributed by atoms with van der Waals surface area (Å²) >= 11 is 0. The maximum atomic E-state index is 12.1. The normalized spacial score (nSPS) is 13.0. The van der Waals surface area contributed by atoms with Crippen LogP contribution in [0.1, 0.15) is 11.1 Å². The Bertz CT molecular complexity index is 838. The number of aromatic nitrogens is 2. The zero-order chi connectivity index (χ0) is 14.8. The van der Waals surface area contributed by atoms with Gasteiger partial charge in [0.15, 0.2) is 0 Å². The molecule has 1 atom stereocenters. The van der Waals surface area contributed by atoms with Gasteiger partial charge in [-0.3, -0.25) is 4.63 Å². The highest BCUT2D eigenvalue weighted by Crippen LogP contribution is 2.14. The second-order valence-corrected chi connectivity index (χ2v) is 5.93. The SMILES string of the molecule is Cc1ccc(S(=O)/C=C/c2ccc3no[n+]([O-])c3c2)cc1. The molecule has 5 nitrogen and oxygen atoms in total. The monoisotopic (exact) mass is 300 g/mol. The van der Waals surface area contributed by atoms with Crippen LogP contribution in [0.2, 0.25) is 0 Å². The summed E-state index contributed by atoms with van der Waals surface area (Å²) in [7, 11) is -1.23.